The molecule has 0 radical (unpaired) electrons. The van der Waals surface area contributed by atoms with Crippen molar-refractivity contribution in [3.63, 3.8) is 0 Å². The lowest BCUT2D eigenvalue weighted by molar-refractivity contribution is 0.0139. The monoisotopic (exact) mass is 214 g/mol. The van der Waals surface area contributed by atoms with Crippen LogP contribution in [0.15, 0.2) is 0 Å². The Morgan fingerprint density at radius 2 is 2.47 bits per heavy atom. The number of hydrogen-bond donors (Lipinski definition) is 2. The third-order valence-corrected chi connectivity index (χ3v) is 3.16. The normalized spacial score (nSPS) is 39.2. The Kier molecular flexibility index (Phi) is 3.61. The fourth-order valence-corrected chi connectivity index (χ4v) is 2.44. The van der Waals surface area contributed by atoms with E-state index in [4.69, 9.17) is 4.74 Å². The average Bonchev–Trinajstić information content (AvgIpc) is 2.58. The van der Waals surface area contributed by atoms with E-state index in [1.54, 1.807) is 0 Å². The van der Waals surface area contributed by atoms with Gasteiger partial charge in [0.25, 0.3) is 0 Å². The second kappa shape index (κ2) is 4.78. The summed E-state index contributed by atoms with van der Waals surface area (Å²) in [6.07, 6.45) is 2.75. The maximum Gasteiger partial charge on any atom is 0.0869 e. The lowest BCUT2D eigenvalue weighted by atomic mass is 10.1. The van der Waals surface area contributed by atoms with Crippen LogP contribution in [0, 0.1) is 0 Å². The third-order valence-electron chi connectivity index (χ3n) is 3.16. The lowest BCUT2D eigenvalue weighted by Crippen LogP contribution is -2.45. The molecule has 0 aromatic carbocycles. The van der Waals surface area contributed by atoms with Gasteiger partial charge in [-0.25, -0.2) is 0 Å². The van der Waals surface area contributed by atoms with Crippen molar-refractivity contribution in [2.24, 2.45) is 0 Å². The minimum atomic E-state index is -0.602. The molecular formula is C11H22N2O2. The van der Waals surface area contributed by atoms with E-state index in [-0.39, 0.29) is 0 Å². The molecule has 2 fully saturated rings. The summed E-state index contributed by atoms with van der Waals surface area (Å²) in [7, 11) is 0. The van der Waals surface area contributed by atoms with Crippen molar-refractivity contribution < 1.29 is 9.84 Å². The summed E-state index contributed by atoms with van der Waals surface area (Å²) in [6, 6.07) is 0. The van der Waals surface area contributed by atoms with Crippen LogP contribution < -0.4 is 5.32 Å². The highest BCUT2D eigenvalue weighted by molar-refractivity contribution is 4.85. The van der Waals surface area contributed by atoms with Gasteiger partial charge in [0.15, 0.2) is 0 Å². The Labute approximate surface area is 91.6 Å². The second-order valence-corrected chi connectivity index (χ2v) is 5.04. The molecule has 4 heteroatoms. The highest BCUT2D eigenvalue weighted by Crippen LogP contribution is 2.15. The van der Waals surface area contributed by atoms with Gasteiger partial charge in [0.1, 0.15) is 0 Å². The maximum absolute atomic E-state index is 10.1. The van der Waals surface area contributed by atoms with Gasteiger partial charge in [0.05, 0.1) is 11.7 Å². The van der Waals surface area contributed by atoms with Crippen molar-refractivity contribution >= 4 is 0 Å². The van der Waals surface area contributed by atoms with E-state index in [0.29, 0.717) is 12.6 Å². The van der Waals surface area contributed by atoms with Crippen LogP contribution in [-0.4, -0.2) is 61.0 Å². The zero-order chi connectivity index (χ0) is 10.7. The molecule has 2 atom stereocenters. The molecule has 0 bridgehead atoms. The largest absolute Gasteiger partial charge is 0.388 e. The Hall–Kier alpha value is -0.160. The second-order valence-electron chi connectivity index (χ2n) is 5.04. The molecule has 0 saturated carbocycles. The molecule has 2 aliphatic heterocycles. The maximum atomic E-state index is 10.1. The molecule has 4 nitrogen and oxygen atoms in total. The first-order valence-electron chi connectivity index (χ1n) is 5.93. The van der Waals surface area contributed by atoms with Crippen LogP contribution in [0.5, 0.6) is 0 Å². The number of β-amino-alcohol motifs (C(OH)–C–C–N with tert-alkyl or cyclic N) is 1. The van der Waals surface area contributed by atoms with Crippen molar-refractivity contribution in [3.05, 3.63) is 0 Å². The minimum Gasteiger partial charge on any atom is -0.388 e. The van der Waals surface area contributed by atoms with Crippen LogP contribution in [0.2, 0.25) is 0 Å². The average molecular weight is 214 g/mol. The van der Waals surface area contributed by atoms with Gasteiger partial charge >= 0.3 is 0 Å². The zero-order valence-corrected chi connectivity index (χ0v) is 9.54. The first-order valence-corrected chi connectivity index (χ1v) is 5.93. The van der Waals surface area contributed by atoms with Crippen LogP contribution in [0.1, 0.15) is 19.8 Å². The Balaban J connectivity index is 1.84. The molecule has 15 heavy (non-hydrogen) atoms. The molecule has 2 N–H and O–H groups in total. The first-order chi connectivity index (χ1) is 7.16. The van der Waals surface area contributed by atoms with E-state index in [1.165, 1.54) is 12.8 Å². The fourth-order valence-electron chi connectivity index (χ4n) is 2.44. The highest BCUT2D eigenvalue weighted by Gasteiger charge is 2.28. The number of rotatable bonds is 2. The van der Waals surface area contributed by atoms with Crippen LogP contribution in [-0.2, 0) is 4.74 Å². The van der Waals surface area contributed by atoms with E-state index < -0.39 is 5.60 Å². The highest BCUT2D eigenvalue weighted by atomic mass is 16.5. The van der Waals surface area contributed by atoms with Crippen molar-refractivity contribution in [2.45, 2.75) is 31.5 Å². The van der Waals surface area contributed by atoms with Gasteiger partial charge in [-0.3, -0.25) is 4.90 Å². The van der Waals surface area contributed by atoms with Gasteiger partial charge in [0.2, 0.25) is 0 Å². The van der Waals surface area contributed by atoms with E-state index in [2.05, 4.69) is 10.2 Å². The van der Waals surface area contributed by atoms with E-state index in [0.717, 1.165) is 32.8 Å². The Morgan fingerprint density at radius 3 is 3.20 bits per heavy atom. The van der Waals surface area contributed by atoms with Crippen molar-refractivity contribution in [1.29, 1.82) is 0 Å². The molecule has 2 aliphatic rings. The summed E-state index contributed by atoms with van der Waals surface area (Å²) in [5.41, 5.74) is -0.602. The zero-order valence-electron chi connectivity index (χ0n) is 9.54. The van der Waals surface area contributed by atoms with Crippen molar-refractivity contribution in [1.82, 2.24) is 10.2 Å². The third kappa shape index (κ3) is 3.41. The number of nitrogens with one attached hydrogen (secondary N) is 1. The Bertz CT molecular complexity index is 203. The van der Waals surface area contributed by atoms with Crippen molar-refractivity contribution in [2.75, 3.05) is 39.3 Å². The van der Waals surface area contributed by atoms with Crippen LogP contribution in [0.25, 0.3) is 0 Å². The van der Waals surface area contributed by atoms with Crippen LogP contribution >= 0.6 is 0 Å². The molecule has 0 amide bonds. The molecule has 0 aromatic rings. The van der Waals surface area contributed by atoms with Gasteiger partial charge in [-0.05, 0) is 19.8 Å². The van der Waals surface area contributed by atoms with Gasteiger partial charge in [-0.2, -0.15) is 0 Å². The summed E-state index contributed by atoms with van der Waals surface area (Å²) < 4.78 is 5.62. The molecule has 0 aromatic heterocycles. The van der Waals surface area contributed by atoms with Crippen LogP contribution in [0.4, 0.5) is 0 Å². The van der Waals surface area contributed by atoms with Gasteiger partial charge < -0.3 is 15.2 Å². The first kappa shape index (κ1) is 11.3. The predicted molar refractivity (Wildman–Crippen MR) is 58.9 cm³/mol. The molecule has 2 unspecified atom stereocenters. The summed E-state index contributed by atoms with van der Waals surface area (Å²) >= 11 is 0. The molecule has 88 valence electrons. The fraction of sp³-hybridized carbons (Fsp3) is 1.00. The summed E-state index contributed by atoms with van der Waals surface area (Å²) in [5.74, 6) is 0. The molecule has 0 spiro atoms. The van der Waals surface area contributed by atoms with Crippen molar-refractivity contribution in [3.8, 4) is 0 Å². The molecular weight excluding hydrogens is 192 g/mol. The summed E-state index contributed by atoms with van der Waals surface area (Å²) in [5, 5.41) is 13.3. The number of nitrogens with zero attached hydrogens (tertiary/aromatic N) is 1. The number of ether oxygens (including phenoxy) is 1. The van der Waals surface area contributed by atoms with Gasteiger partial charge in [0, 0.05) is 39.3 Å². The molecule has 2 heterocycles. The van der Waals surface area contributed by atoms with Gasteiger partial charge in [-0.15, -0.1) is 0 Å². The lowest BCUT2D eigenvalue weighted by Gasteiger charge is -2.29. The number of hydrogen-bond acceptors (Lipinski definition) is 4. The van der Waals surface area contributed by atoms with Crippen LogP contribution in [0.3, 0.4) is 0 Å². The van der Waals surface area contributed by atoms with Gasteiger partial charge in [-0.1, -0.05) is 0 Å². The minimum absolute atomic E-state index is 0.388. The van der Waals surface area contributed by atoms with E-state index >= 15 is 0 Å². The summed E-state index contributed by atoms with van der Waals surface area (Å²) in [4.78, 5) is 2.32. The summed E-state index contributed by atoms with van der Waals surface area (Å²) in [6.45, 7) is 7.19. The number of aliphatic hydroxyl groups is 1. The van der Waals surface area contributed by atoms with E-state index in [1.807, 2.05) is 6.92 Å². The molecule has 0 aliphatic carbocycles. The standard InChI is InChI=1S/C11H22N2O2/c1-11(14)8-12-4-5-13(9-11)7-10-3-2-6-15-10/h10,12,14H,2-9H2,1H3. The molecule has 2 rings (SSSR count). The Morgan fingerprint density at radius 1 is 1.60 bits per heavy atom. The smallest absolute Gasteiger partial charge is 0.0869 e. The quantitative estimate of drug-likeness (QED) is 0.669. The SMILES string of the molecule is CC1(O)CNCCN(CC2CCCO2)C1. The topological polar surface area (TPSA) is 44.7 Å². The van der Waals surface area contributed by atoms with E-state index in [9.17, 15) is 5.11 Å². The molecule has 2 saturated heterocycles. The predicted octanol–water partition coefficient (Wildman–Crippen LogP) is -0.178.